The Morgan fingerprint density at radius 1 is 0.833 bits per heavy atom. The largest absolute Gasteiger partial charge is 0.501 e. The van der Waals surface area contributed by atoms with Gasteiger partial charge >= 0.3 is 0 Å². The molecule has 0 unspecified atom stereocenters. The normalized spacial score (nSPS) is 12.7. The average Bonchev–Trinajstić information content (AvgIpc) is 3.45. The highest BCUT2D eigenvalue weighted by molar-refractivity contribution is 7.99. The second-order valence-corrected chi connectivity index (χ2v) is 10.6. The minimum atomic E-state index is -0.0495. The molecule has 0 radical (unpaired) electrons. The molecule has 0 N–H and O–H groups in total. The van der Waals surface area contributed by atoms with Gasteiger partial charge in [0.25, 0.3) is 0 Å². The number of methoxy groups -OCH3 is 3. The lowest BCUT2D eigenvalue weighted by Crippen LogP contribution is -2.15. The van der Waals surface area contributed by atoms with Gasteiger partial charge in [0.05, 0.1) is 32.8 Å². The monoisotopic (exact) mass is 583 g/mol. The van der Waals surface area contributed by atoms with E-state index in [0.717, 1.165) is 35.3 Å². The summed E-state index contributed by atoms with van der Waals surface area (Å²) in [5.74, 6) is 3.74. The number of nitrogens with zero attached hydrogens (tertiary/aromatic N) is 3. The third kappa shape index (κ3) is 7.03. The highest BCUT2D eigenvalue weighted by atomic mass is 32.2. The highest BCUT2D eigenvalue weighted by Gasteiger charge is 2.20. The molecule has 0 amide bonds. The van der Waals surface area contributed by atoms with Crippen molar-refractivity contribution in [2.45, 2.75) is 24.5 Å². The molecule has 0 aliphatic heterocycles. The van der Waals surface area contributed by atoms with Crippen LogP contribution in [0.25, 0.3) is 22.5 Å². The van der Waals surface area contributed by atoms with E-state index in [9.17, 15) is 4.79 Å². The number of carbonyl (C=O) groups is 1. The molecule has 9 heteroatoms. The second kappa shape index (κ2) is 13.9. The molecule has 216 valence electrons. The van der Waals surface area contributed by atoms with Gasteiger partial charge in [0.1, 0.15) is 23.9 Å². The standard InChI is InChI=1S/C33H33N3O5S/c1-38-27-15-13-23(14-16-27)20-36-32(25-17-28(39-2)19-29(18-25)40-3)34-35-33(36)42-22-26(37)21-41-31-12-8-7-11-30(31)24-9-5-4-6-10-24/h4-13,15,17-19H,14,16,20-22H2,1-3H3. The van der Waals surface area contributed by atoms with Gasteiger partial charge in [-0.05, 0) is 41.8 Å². The first-order valence-electron chi connectivity index (χ1n) is 13.6. The average molecular weight is 584 g/mol. The maximum Gasteiger partial charge on any atom is 0.192 e. The number of hydrogen-bond donors (Lipinski definition) is 0. The van der Waals surface area contributed by atoms with Crippen LogP contribution in [-0.2, 0) is 16.1 Å². The van der Waals surface area contributed by atoms with Crippen LogP contribution in [0.2, 0.25) is 0 Å². The van der Waals surface area contributed by atoms with Crippen molar-refractivity contribution in [3.8, 4) is 39.8 Å². The predicted molar refractivity (Wildman–Crippen MR) is 164 cm³/mol. The van der Waals surface area contributed by atoms with E-state index in [1.807, 2.05) is 83.4 Å². The Morgan fingerprint density at radius 2 is 1.57 bits per heavy atom. The van der Waals surface area contributed by atoms with Gasteiger partial charge in [0, 0.05) is 30.2 Å². The van der Waals surface area contributed by atoms with E-state index in [1.165, 1.54) is 17.3 Å². The molecule has 1 aliphatic carbocycles. The van der Waals surface area contributed by atoms with Gasteiger partial charge in [-0.25, -0.2) is 0 Å². The van der Waals surface area contributed by atoms with Gasteiger partial charge in [-0.2, -0.15) is 0 Å². The number of ketones is 1. The lowest BCUT2D eigenvalue weighted by atomic mass is 10.0. The Hall–Kier alpha value is -4.50. The molecule has 42 heavy (non-hydrogen) atoms. The van der Waals surface area contributed by atoms with Crippen LogP contribution < -0.4 is 14.2 Å². The van der Waals surface area contributed by atoms with Crippen molar-refractivity contribution in [2.75, 3.05) is 33.7 Å². The molecule has 5 rings (SSSR count). The number of aromatic nitrogens is 3. The quantitative estimate of drug-likeness (QED) is 0.162. The summed E-state index contributed by atoms with van der Waals surface area (Å²) in [7, 11) is 4.92. The highest BCUT2D eigenvalue weighted by Crippen LogP contribution is 2.33. The number of benzene rings is 3. The first-order valence-corrected chi connectivity index (χ1v) is 14.6. The van der Waals surface area contributed by atoms with E-state index in [-0.39, 0.29) is 18.1 Å². The van der Waals surface area contributed by atoms with Crippen molar-refractivity contribution in [3.05, 3.63) is 96.3 Å². The Labute approximate surface area is 250 Å². The molecule has 0 atom stereocenters. The van der Waals surface area contributed by atoms with Gasteiger partial charge in [0.15, 0.2) is 16.8 Å². The molecule has 8 nitrogen and oxygen atoms in total. The van der Waals surface area contributed by atoms with Crippen molar-refractivity contribution in [1.82, 2.24) is 14.8 Å². The Balaban J connectivity index is 1.34. The summed E-state index contributed by atoms with van der Waals surface area (Å²) >= 11 is 1.35. The van der Waals surface area contributed by atoms with E-state index < -0.39 is 0 Å². The molecule has 0 fully saturated rings. The molecular weight excluding hydrogens is 550 g/mol. The number of carbonyl (C=O) groups excluding carboxylic acids is 1. The zero-order chi connectivity index (χ0) is 29.3. The minimum absolute atomic E-state index is 0.0410. The molecule has 0 saturated carbocycles. The van der Waals surface area contributed by atoms with Crippen LogP contribution in [0, 0.1) is 0 Å². The van der Waals surface area contributed by atoms with Crippen molar-refractivity contribution >= 4 is 17.5 Å². The number of Topliss-reactive ketones (excluding diaryl/α,β-unsaturated/α-hetero) is 1. The van der Waals surface area contributed by atoms with E-state index in [1.54, 1.807) is 21.3 Å². The van der Waals surface area contributed by atoms with Crippen molar-refractivity contribution in [3.63, 3.8) is 0 Å². The number of thioether (sulfide) groups is 1. The molecule has 3 aromatic carbocycles. The molecule has 1 heterocycles. The van der Waals surface area contributed by atoms with Gasteiger partial charge in [-0.15, -0.1) is 10.2 Å². The maximum atomic E-state index is 13.0. The van der Waals surface area contributed by atoms with Crippen LogP contribution in [0.1, 0.15) is 12.8 Å². The van der Waals surface area contributed by atoms with Gasteiger partial charge < -0.3 is 18.9 Å². The van der Waals surface area contributed by atoms with Crippen LogP contribution in [0.5, 0.6) is 17.2 Å². The summed E-state index contributed by atoms with van der Waals surface area (Å²) in [6.45, 7) is 0.535. The summed E-state index contributed by atoms with van der Waals surface area (Å²) in [5, 5.41) is 9.65. The van der Waals surface area contributed by atoms with Crippen molar-refractivity contribution in [2.24, 2.45) is 0 Å². The molecule has 0 spiro atoms. The van der Waals surface area contributed by atoms with Crippen LogP contribution >= 0.6 is 11.8 Å². The fourth-order valence-electron chi connectivity index (χ4n) is 4.65. The summed E-state index contributed by atoms with van der Waals surface area (Å²) in [6.07, 6.45) is 5.76. The van der Waals surface area contributed by atoms with E-state index in [2.05, 4.69) is 16.3 Å². The molecule has 1 aromatic heterocycles. The van der Waals surface area contributed by atoms with Gasteiger partial charge in [0.2, 0.25) is 0 Å². The first-order chi connectivity index (χ1) is 20.6. The summed E-state index contributed by atoms with van der Waals surface area (Å²) in [6, 6.07) is 23.3. The SMILES string of the molecule is COC1=CC=C(Cn2c(SCC(=O)COc3ccccc3-c3ccccc3)nnc2-c2cc(OC)cc(OC)c2)CC1. The Bertz CT molecular complexity index is 1570. The summed E-state index contributed by atoms with van der Waals surface area (Å²) in [5.41, 5.74) is 4.00. The lowest BCUT2D eigenvalue weighted by molar-refractivity contribution is -0.118. The lowest BCUT2D eigenvalue weighted by Gasteiger charge is -2.17. The third-order valence-electron chi connectivity index (χ3n) is 6.87. The van der Waals surface area contributed by atoms with Crippen LogP contribution in [0.15, 0.2) is 101 Å². The smallest absolute Gasteiger partial charge is 0.192 e. The predicted octanol–water partition coefficient (Wildman–Crippen LogP) is 6.62. The van der Waals surface area contributed by atoms with E-state index in [0.29, 0.717) is 34.8 Å². The van der Waals surface area contributed by atoms with Crippen LogP contribution in [-0.4, -0.2) is 54.2 Å². The van der Waals surface area contributed by atoms with E-state index >= 15 is 0 Å². The number of para-hydroxylation sites is 1. The van der Waals surface area contributed by atoms with Crippen molar-refractivity contribution < 1.29 is 23.7 Å². The maximum absolute atomic E-state index is 13.0. The summed E-state index contributed by atoms with van der Waals surface area (Å²) in [4.78, 5) is 13.0. The third-order valence-corrected chi connectivity index (χ3v) is 7.90. The number of hydrogen-bond acceptors (Lipinski definition) is 8. The zero-order valence-electron chi connectivity index (χ0n) is 23.9. The van der Waals surface area contributed by atoms with Crippen LogP contribution in [0.3, 0.4) is 0 Å². The minimum Gasteiger partial charge on any atom is -0.501 e. The van der Waals surface area contributed by atoms with Crippen LogP contribution in [0.4, 0.5) is 0 Å². The molecule has 0 saturated heterocycles. The molecule has 4 aromatic rings. The fourth-order valence-corrected chi connectivity index (χ4v) is 5.43. The van der Waals surface area contributed by atoms with Gasteiger partial charge in [-0.1, -0.05) is 66.4 Å². The van der Waals surface area contributed by atoms with Crippen molar-refractivity contribution in [1.29, 1.82) is 0 Å². The Kier molecular flexibility index (Phi) is 9.61. The Morgan fingerprint density at radius 3 is 2.26 bits per heavy atom. The molecule has 1 aliphatic rings. The topological polar surface area (TPSA) is 84.7 Å². The summed E-state index contributed by atoms with van der Waals surface area (Å²) < 4.78 is 24.4. The fraction of sp³-hybridized carbons (Fsp3) is 0.242. The molecular formula is C33H33N3O5S. The first kappa shape index (κ1) is 29.0. The number of ether oxygens (including phenoxy) is 4. The second-order valence-electron chi connectivity index (χ2n) is 9.63. The van der Waals surface area contributed by atoms with Gasteiger partial charge in [-0.3, -0.25) is 9.36 Å². The number of rotatable bonds is 13. The van der Waals surface area contributed by atoms with E-state index in [4.69, 9.17) is 18.9 Å². The number of allylic oxidation sites excluding steroid dienone is 4. The molecule has 0 bridgehead atoms. The zero-order valence-corrected chi connectivity index (χ0v) is 24.7.